The molecule has 1 heterocycles. The first kappa shape index (κ1) is 14.4. The molecule has 4 heteroatoms. The third kappa shape index (κ3) is 2.65. The van der Waals surface area contributed by atoms with Crippen molar-refractivity contribution in [3.05, 3.63) is 39.6 Å². The Labute approximate surface area is 123 Å². The maximum absolute atomic E-state index is 6.25. The lowest BCUT2D eigenvalue weighted by Crippen LogP contribution is -2.12. The summed E-state index contributed by atoms with van der Waals surface area (Å²) in [5, 5.41) is 5.39. The fraction of sp³-hybridized carbons (Fsp3) is 0.400. The molecular weight excluding hydrogens is 281 g/mol. The second kappa shape index (κ2) is 5.18. The van der Waals surface area contributed by atoms with E-state index in [1.807, 2.05) is 18.2 Å². The number of aromatic nitrogens is 1. The average Bonchev–Trinajstić information content (AvgIpc) is 2.72. The lowest BCUT2D eigenvalue weighted by molar-refractivity contribution is 0.328. The molecule has 0 N–H and O–H groups in total. The summed E-state index contributed by atoms with van der Waals surface area (Å²) < 4.78 is 5.55. The fourth-order valence-corrected chi connectivity index (χ4v) is 2.72. The summed E-state index contributed by atoms with van der Waals surface area (Å²) in [5.41, 5.74) is 2.48. The van der Waals surface area contributed by atoms with Crippen molar-refractivity contribution in [3.8, 4) is 11.3 Å². The van der Waals surface area contributed by atoms with Crippen LogP contribution in [0.3, 0.4) is 0 Å². The van der Waals surface area contributed by atoms with E-state index in [0.29, 0.717) is 10.0 Å². The number of benzene rings is 1. The first-order chi connectivity index (χ1) is 8.86. The third-order valence-electron chi connectivity index (χ3n) is 3.02. The number of halogens is 2. The topological polar surface area (TPSA) is 26.0 Å². The first-order valence-electron chi connectivity index (χ1n) is 6.29. The summed E-state index contributed by atoms with van der Waals surface area (Å²) in [6, 6.07) is 5.45. The molecule has 2 nitrogen and oxygen atoms in total. The van der Waals surface area contributed by atoms with Crippen LogP contribution in [0.5, 0.6) is 0 Å². The predicted molar refractivity (Wildman–Crippen MR) is 80.0 cm³/mol. The zero-order valence-corrected chi connectivity index (χ0v) is 13.1. The largest absolute Gasteiger partial charge is 0.360 e. The Bertz CT molecular complexity index is 576. The van der Waals surface area contributed by atoms with E-state index in [9.17, 15) is 0 Å². The van der Waals surface area contributed by atoms with Gasteiger partial charge in [0.25, 0.3) is 0 Å². The van der Waals surface area contributed by atoms with Gasteiger partial charge >= 0.3 is 0 Å². The molecule has 0 saturated heterocycles. The molecule has 102 valence electrons. The first-order valence-corrected chi connectivity index (χ1v) is 7.05. The SMILES string of the molecule is CCc1c(-c2c(Cl)cccc2Cl)noc1C(C)(C)C. The molecule has 0 aliphatic carbocycles. The van der Waals surface area contributed by atoms with E-state index < -0.39 is 0 Å². The van der Waals surface area contributed by atoms with E-state index >= 15 is 0 Å². The molecule has 0 unspecified atom stereocenters. The van der Waals surface area contributed by atoms with E-state index in [2.05, 4.69) is 32.9 Å². The van der Waals surface area contributed by atoms with Crippen LogP contribution in [0.4, 0.5) is 0 Å². The minimum Gasteiger partial charge on any atom is -0.360 e. The van der Waals surface area contributed by atoms with Crippen LogP contribution in [0.25, 0.3) is 11.3 Å². The molecule has 0 amide bonds. The standard InChI is InChI=1S/C15H17Cl2NO/c1-5-9-13(18-19-14(9)15(2,3)4)12-10(16)7-6-8-11(12)17/h6-8H,5H2,1-4H3. The molecule has 0 bridgehead atoms. The fourth-order valence-electron chi connectivity index (χ4n) is 2.15. The smallest absolute Gasteiger partial charge is 0.145 e. The molecule has 0 fully saturated rings. The Hall–Kier alpha value is -0.990. The minimum atomic E-state index is -0.0929. The van der Waals surface area contributed by atoms with Gasteiger partial charge in [-0.3, -0.25) is 0 Å². The molecule has 1 aromatic heterocycles. The van der Waals surface area contributed by atoms with E-state index in [1.54, 1.807) is 0 Å². The Balaban J connectivity index is 2.68. The molecule has 0 aliphatic rings. The molecule has 19 heavy (non-hydrogen) atoms. The molecule has 0 aliphatic heterocycles. The van der Waals surface area contributed by atoms with Gasteiger partial charge in [0.15, 0.2) is 0 Å². The second-order valence-electron chi connectivity index (χ2n) is 5.54. The van der Waals surface area contributed by atoms with Gasteiger partial charge < -0.3 is 4.52 Å². The van der Waals surface area contributed by atoms with Gasteiger partial charge in [-0.2, -0.15) is 0 Å². The highest BCUT2D eigenvalue weighted by atomic mass is 35.5. The zero-order valence-electron chi connectivity index (χ0n) is 11.6. The number of hydrogen-bond acceptors (Lipinski definition) is 2. The average molecular weight is 298 g/mol. The molecule has 0 atom stereocenters. The highest BCUT2D eigenvalue weighted by Gasteiger charge is 2.27. The van der Waals surface area contributed by atoms with E-state index in [1.165, 1.54) is 0 Å². The van der Waals surface area contributed by atoms with Gasteiger partial charge in [-0.25, -0.2) is 0 Å². The summed E-state index contributed by atoms with van der Waals surface area (Å²) >= 11 is 12.5. The van der Waals surface area contributed by atoms with Crippen molar-refractivity contribution >= 4 is 23.2 Å². The predicted octanol–water partition coefficient (Wildman–Crippen LogP) is 5.51. The zero-order chi connectivity index (χ0) is 14.2. The normalized spacial score (nSPS) is 11.9. The van der Waals surface area contributed by atoms with Gasteiger partial charge in [0.1, 0.15) is 11.5 Å². The van der Waals surface area contributed by atoms with Crippen molar-refractivity contribution in [3.63, 3.8) is 0 Å². The van der Waals surface area contributed by atoms with E-state index in [0.717, 1.165) is 29.0 Å². The van der Waals surface area contributed by atoms with Crippen LogP contribution < -0.4 is 0 Å². The van der Waals surface area contributed by atoms with Crippen LogP contribution in [-0.2, 0) is 11.8 Å². The van der Waals surface area contributed by atoms with Crippen LogP contribution in [0.1, 0.15) is 39.0 Å². The Morgan fingerprint density at radius 2 is 1.74 bits per heavy atom. The quantitative estimate of drug-likeness (QED) is 0.730. The maximum Gasteiger partial charge on any atom is 0.145 e. The Morgan fingerprint density at radius 1 is 1.16 bits per heavy atom. The van der Waals surface area contributed by atoms with Crippen molar-refractivity contribution in [2.75, 3.05) is 0 Å². The van der Waals surface area contributed by atoms with Gasteiger partial charge in [0.2, 0.25) is 0 Å². The summed E-state index contributed by atoms with van der Waals surface area (Å²) in [6.07, 6.45) is 0.826. The maximum atomic E-state index is 6.25. The van der Waals surface area contributed by atoms with Crippen LogP contribution in [0, 0.1) is 0 Å². The molecule has 0 radical (unpaired) electrons. The molecule has 0 spiro atoms. The second-order valence-corrected chi connectivity index (χ2v) is 6.35. The van der Waals surface area contributed by atoms with Gasteiger partial charge in [-0.1, -0.05) is 62.1 Å². The van der Waals surface area contributed by atoms with Crippen molar-refractivity contribution in [1.29, 1.82) is 0 Å². The van der Waals surface area contributed by atoms with E-state index in [4.69, 9.17) is 27.7 Å². The number of hydrogen-bond donors (Lipinski definition) is 0. The molecule has 2 aromatic rings. The highest BCUT2D eigenvalue weighted by molar-refractivity contribution is 6.39. The molecule has 1 aromatic carbocycles. The van der Waals surface area contributed by atoms with Gasteiger partial charge in [0.05, 0.1) is 10.0 Å². The summed E-state index contributed by atoms with van der Waals surface area (Å²) in [4.78, 5) is 0. The lowest BCUT2D eigenvalue weighted by atomic mass is 9.88. The van der Waals surface area contributed by atoms with Crippen molar-refractivity contribution in [2.24, 2.45) is 0 Å². The minimum absolute atomic E-state index is 0.0929. The highest BCUT2D eigenvalue weighted by Crippen LogP contribution is 2.39. The molecular formula is C15H17Cl2NO. The summed E-state index contributed by atoms with van der Waals surface area (Å²) in [5.74, 6) is 0.890. The lowest BCUT2D eigenvalue weighted by Gasteiger charge is -2.16. The monoisotopic (exact) mass is 297 g/mol. The molecule has 2 rings (SSSR count). The van der Waals surface area contributed by atoms with Crippen molar-refractivity contribution in [2.45, 2.75) is 39.5 Å². The van der Waals surface area contributed by atoms with Gasteiger partial charge in [0, 0.05) is 16.5 Å². The van der Waals surface area contributed by atoms with Crippen LogP contribution in [-0.4, -0.2) is 5.16 Å². The van der Waals surface area contributed by atoms with Crippen LogP contribution in [0.15, 0.2) is 22.7 Å². The van der Waals surface area contributed by atoms with E-state index in [-0.39, 0.29) is 5.41 Å². The van der Waals surface area contributed by atoms with Crippen molar-refractivity contribution in [1.82, 2.24) is 5.16 Å². The summed E-state index contributed by atoms with van der Waals surface area (Å²) in [7, 11) is 0. The van der Waals surface area contributed by atoms with Crippen LogP contribution in [0.2, 0.25) is 10.0 Å². The van der Waals surface area contributed by atoms with Crippen molar-refractivity contribution < 1.29 is 4.52 Å². The van der Waals surface area contributed by atoms with Crippen LogP contribution >= 0.6 is 23.2 Å². The molecule has 0 saturated carbocycles. The third-order valence-corrected chi connectivity index (χ3v) is 3.65. The van der Waals surface area contributed by atoms with Gasteiger partial charge in [-0.05, 0) is 18.6 Å². The summed E-state index contributed by atoms with van der Waals surface area (Å²) in [6.45, 7) is 8.38. The Morgan fingerprint density at radius 3 is 2.21 bits per heavy atom. The number of rotatable bonds is 2. The Kier molecular flexibility index (Phi) is 3.93. The van der Waals surface area contributed by atoms with Gasteiger partial charge in [-0.15, -0.1) is 0 Å². The number of nitrogens with zero attached hydrogens (tertiary/aromatic N) is 1.